The fourth-order valence-corrected chi connectivity index (χ4v) is 2.77. The van der Waals surface area contributed by atoms with Gasteiger partial charge in [-0.1, -0.05) is 38.3 Å². The zero-order valence-corrected chi connectivity index (χ0v) is 11.5. The van der Waals surface area contributed by atoms with Crippen LogP contribution in [0.2, 0.25) is 0 Å². The Labute approximate surface area is 114 Å². The van der Waals surface area contributed by atoms with Crippen molar-refractivity contribution >= 4 is 5.97 Å². The molecule has 0 radical (unpaired) electrons. The molecule has 1 fully saturated rings. The molecule has 3 nitrogen and oxygen atoms in total. The van der Waals surface area contributed by atoms with Gasteiger partial charge in [0.05, 0.1) is 18.3 Å². The molecule has 1 aliphatic carbocycles. The van der Waals surface area contributed by atoms with Gasteiger partial charge in [-0.05, 0) is 36.5 Å². The second-order valence-corrected chi connectivity index (χ2v) is 5.38. The Morgan fingerprint density at radius 3 is 3.00 bits per heavy atom. The Morgan fingerprint density at radius 1 is 1.42 bits per heavy atom. The molecule has 1 aromatic carbocycles. The van der Waals surface area contributed by atoms with Crippen LogP contribution < -0.4 is 0 Å². The summed E-state index contributed by atoms with van der Waals surface area (Å²) in [6, 6.07) is 7.01. The van der Waals surface area contributed by atoms with Crippen LogP contribution >= 0.6 is 0 Å². The van der Waals surface area contributed by atoms with E-state index >= 15 is 0 Å². The first kappa shape index (κ1) is 14.1. The molecule has 3 heteroatoms. The van der Waals surface area contributed by atoms with Crippen LogP contribution in [-0.2, 0) is 11.3 Å². The Bertz CT molecular complexity index is 428. The molecular formula is C16H22O3. The minimum atomic E-state index is -0.884. The fraction of sp³-hybridized carbons (Fsp3) is 0.562. The van der Waals surface area contributed by atoms with E-state index in [1.807, 2.05) is 6.07 Å². The number of hydrogen-bond donors (Lipinski definition) is 1. The maximum absolute atomic E-state index is 10.9. The number of carboxylic acid groups (broad SMARTS) is 1. The third kappa shape index (κ3) is 4.06. The molecule has 104 valence electrons. The smallest absolute Gasteiger partial charge is 0.335 e. The van der Waals surface area contributed by atoms with Crippen LogP contribution in [-0.4, -0.2) is 17.2 Å². The van der Waals surface area contributed by atoms with Gasteiger partial charge >= 0.3 is 5.97 Å². The Hall–Kier alpha value is -1.35. The van der Waals surface area contributed by atoms with Crippen molar-refractivity contribution in [2.45, 2.75) is 51.7 Å². The Kier molecular flexibility index (Phi) is 4.97. The largest absolute Gasteiger partial charge is 0.478 e. The van der Waals surface area contributed by atoms with Gasteiger partial charge in [0, 0.05) is 0 Å². The van der Waals surface area contributed by atoms with Crippen LogP contribution in [0.4, 0.5) is 0 Å². The van der Waals surface area contributed by atoms with Crippen molar-refractivity contribution in [3.05, 3.63) is 35.4 Å². The molecule has 2 unspecified atom stereocenters. The van der Waals surface area contributed by atoms with Crippen molar-refractivity contribution in [1.29, 1.82) is 0 Å². The van der Waals surface area contributed by atoms with Crippen LogP contribution in [0.3, 0.4) is 0 Å². The molecule has 0 aromatic heterocycles. The van der Waals surface area contributed by atoms with E-state index in [1.165, 1.54) is 19.3 Å². The molecule has 1 aliphatic rings. The zero-order chi connectivity index (χ0) is 13.7. The molecule has 2 atom stereocenters. The number of hydrogen-bond acceptors (Lipinski definition) is 2. The highest BCUT2D eigenvalue weighted by Crippen LogP contribution is 2.28. The van der Waals surface area contributed by atoms with Gasteiger partial charge in [0.15, 0.2) is 0 Å². The average molecular weight is 262 g/mol. The monoisotopic (exact) mass is 262 g/mol. The zero-order valence-electron chi connectivity index (χ0n) is 11.5. The Balaban J connectivity index is 1.88. The highest BCUT2D eigenvalue weighted by atomic mass is 16.5. The summed E-state index contributed by atoms with van der Waals surface area (Å²) in [6.07, 6.45) is 6.43. The lowest BCUT2D eigenvalue weighted by Gasteiger charge is -2.28. The van der Waals surface area contributed by atoms with Gasteiger partial charge in [0.25, 0.3) is 0 Å². The third-order valence-corrected chi connectivity index (χ3v) is 3.97. The second kappa shape index (κ2) is 6.71. The summed E-state index contributed by atoms with van der Waals surface area (Å²) in [5, 5.41) is 8.95. The van der Waals surface area contributed by atoms with Crippen molar-refractivity contribution < 1.29 is 14.6 Å². The van der Waals surface area contributed by atoms with E-state index in [1.54, 1.807) is 18.2 Å². The quantitative estimate of drug-likeness (QED) is 0.876. The maximum Gasteiger partial charge on any atom is 0.335 e. The SMILES string of the molecule is CCC1CCCC(OCc2cccc(C(=O)O)c2)C1. The molecule has 2 rings (SSSR count). The summed E-state index contributed by atoms with van der Waals surface area (Å²) in [7, 11) is 0. The molecule has 0 aliphatic heterocycles. The van der Waals surface area contributed by atoms with Crippen molar-refractivity contribution in [2.24, 2.45) is 5.92 Å². The lowest BCUT2D eigenvalue weighted by atomic mass is 9.85. The number of ether oxygens (including phenoxy) is 1. The van der Waals surface area contributed by atoms with Crippen LogP contribution in [0.25, 0.3) is 0 Å². The van der Waals surface area contributed by atoms with Gasteiger partial charge < -0.3 is 9.84 Å². The van der Waals surface area contributed by atoms with E-state index in [9.17, 15) is 4.79 Å². The van der Waals surface area contributed by atoms with Crippen LogP contribution in [0.1, 0.15) is 54.9 Å². The van der Waals surface area contributed by atoms with Gasteiger partial charge in [-0.25, -0.2) is 4.79 Å². The summed E-state index contributed by atoms with van der Waals surface area (Å²) in [6.45, 7) is 2.76. The number of rotatable bonds is 5. The minimum Gasteiger partial charge on any atom is -0.478 e. The van der Waals surface area contributed by atoms with Gasteiger partial charge in [-0.2, -0.15) is 0 Å². The molecule has 0 heterocycles. The summed E-state index contributed by atoms with van der Waals surface area (Å²) < 4.78 is 5.94. The van der Waals surface area contributed by atoms with Crippen LogP contribution in [0.15, 0.2) is 24.3 Å². The van der Waals surface area contributed by atoms with Gasteiger partial charge in [-0.3, -0.25) is 0 Å². The highest BCUT2D eigenvalue weighted by molar-refractivity contribution is 5.87. The van der Waals surface area contributed by atoms with Crippen LogP contribution in [0, 0.1) is 5.92 Å². The number of carboxylic acids is 1. The van der Waals surface area contributed by atoms with Crippen molar-refractivity contribution in [3.63, 3.8) is 0 Å². The van der Waals surface area contributed by atoms with E-state index in [0.29, 0.717) is 18.3 Å². The third-order valence-electron chi connectivity index (χ3n) is 3.97. The fourth-order valence-electron chi connectivity index (χ4n) is 2.77. The van der Waals surface area contributed by atoms with E-state index in [-0.39, 0.29) is 0 Å². The number of benzene rings is 1. The number of aromatic carboxylic acids is 1. The standard InChI is InChI=1S/C16H22O3/c1-2-12-5-4-8-15(10-12)19-11-13-6-3-7-14(9-13)16(17)18/h3,6-7,9,12,15H,2,4-5,8,10-11H2,1H3,(H,17,18). The molecule has 0 bridgehead atoms. The van der Waals surface area contributed by atoms with Gasteiger partial charge in [0.1, 0.15) is 0 Å². The van der Waals surface area contributed by atoms with E-state index < -0.39 is 5.97 Å². The molecular weight excluding hydrogens is 240 g/mol. The summed E-state index contributed by atoms with van der Waals surface area (Å²) >= 11 is 0. The van der Waals surface area contributed by atoms with Gasteiger partial charge in [0.2, 0.25) is 0 Å². The van der Waals surface area contributed by atoms with E-state index in [2.05, 4.69) is 6.92 Å². The van der Waals surface area contributed by atoms with Crippen molar-refractivity contribution in [2.75, 3.05) is 0 Å². The lowest BCUT2D eigenvalue weighted by Crippen LogP contribution is -2.22. The molecule has 0 saturated heterocycles. The first-order valence-corrected chi connectivity index (χ1v) is 7.13. The van der Waals surface area contributed by atoms with E-state index in [4.69, 9.17) is 9.84 Å². The molecule has 0 amide bonds. The summed E-state index contributed by atoms with van der Waals surface area (Å²) in [5.74, 6) is -0.0883. The number of carbonyl (C=O) groups is 1. The molecule has 1 saturated carbocycles. The van der Waals surface area contributed by atoms with E-state index in [0.717, 1.165) is 24.3 Å². The predicted molar refractivity (Wildman–Crippen MR) is 74.2 cm³/mol. The van der Waals surface area contributed by atoms with Crippen molar-refractivity contribution in [3.8, 4) is 0 Å². The van der Waals surface area contributed by atoms with Gasteiger partial charge in [-0.15, -0.1) is 0 Å². The minimum absolute atomic E-state index is 0.330. The average Bonchev–Trinajstić information content (AvgIpc) is 2.45. The normalized spacial score (nSPS) is 23.2. The molecule has 1 N–H and O–H groups in total. The van der Waals surface area contributed by atoms with Crippen LogP contribution in [0.5, 0.6) is 0 Å². The summed E-state index contributed by atoms with van der Waals surface area (Å²) in [4.78, 5) is 10.9. The highest BCUT2D eigenvalue weighted by Gasteiger charge is 2.21. The molecule has 1 aromatic rings. The maximum atomic E-state index is 10.9. The topological polar surface area (TPSA) is 46.5 Å². The lowest BCUT2D eigenvalue weighted by molar-refractivity contribution is 0.00175. The van der Waals surface area contributed by atoms with Crippen molar-refractivity contribution in [1.82, 2.24) is 0 Å². The summed E-state index contributed by atoms with van der Waals surface area (Å²) in [5.41, 5.74) is 1.27. The molecule has 19 heavy (non-hydrogen) atoms. The first-order chi connectivity index (χ1) is 9.19. The molecule has 0 spiro atoms. The first-order valence-electron chi connectivity index (χ1n) is 7.13. The Morgan fingerprint density at radius 2 is 2.26 bits per heavy atom. The second-order valence-electron chi connectivity index (χ2n) is 5.38. The predicted octanol–water partition coefficient (Wildman–Crippen LogP) is 3.87.